The van der Waals surface area contributed by atoms with Gasteiger partial charge in [-0.3, -0.25) is 4.79 Å². The number of anilines is 1. The topological polar surface area (TPSA) is 61.4 Å². The zero-order valence-corrected chi connectivity index (χ0v) is 19.7. The molecule has 0 saturated carbocycles. The molecule has 174 valence electrons. The Kier molecular flexibility index (Phi) is 8.08. The molecule has 0 radical (unpaired) electrons. The monoisotopic (exact) mass is 459 g/mol. The van der Waals surface area contributed by atoms with E-state index in [0.717, 1.165) is 62.0 Å². The zero-order chi connectivity index (χ0) is 22.3. The molecule has 1 aromatic carbocycles. The fourth-order valence-corrected chi connectivity index (χ4v) is 5.43. The van der Waals surface area contributed by atoms with Crippen molar-refractivity contribution in [3.05, 3.63) is 41.5 Å². The van der Waals surface area contributed by atoms with Crippen LogP contribution in [0.5, 0.6) is 0 Å². The van der Waals surface area contributed by atoms with Crippen molar-refractivity contribution in [1.82, 2.24) is 19.6 Å². The molecule has 1 atom stereocenters. The maximum Gasteiger partial charge on any atom is 0.223 e. The van der Waals surface area contributed by atoms with Crippen LogP contribution in [-0.4, -0.2) is 58.9 Å². The number of carbonyl (C=O) groups is 1. The van der Waals surface area contributed by atoms with E-state index in [1.807, 2.05) is 0 Å². The molecular weight excluding hydrogens is 425 g/mol. The first-order chi connectivity index (χ1) is 15.6. The van der Waals surface area contributed by atoms with Crippen molar-refractivity contribution in [2.24, 2.45) is 5.92 Å². The minimum Gasteiger partial charge on any atom is -0.356 e. The second-order valence-corrected chi connectivity index (χ2v) is 9.81. The molecule has 1 aromatic heterocycles. The first-order valence-corrected chi connectivity index (χ1v) is 12.7. The fourth-order valence-electron chi connectivity index (χ4n) is 4.69. The summed E-state index contributed by atoms with van der Waals surface area (Å²) in [7, 11) is 0. The van der Waals surface area contributed by atoms with Gasteiger partial charge in [0.2, 0.25) is 11.0 Å². The Morgan fingerprint density at radius 2 is 1.94 bits per heavy atom. The molecule has 0 bridgehead atoms. The van der Waals surface area contributed by atoms with Crippen molar-refractivity contribution in [3.63, 3.8) is 0 Å². The van der Waals surface area contributed by atoms with Gasteiger partial charge in [0.05, 0.1) is 0 Å². The third-order valence-electron chi connectivity index (χ3n) is 6.73. The van der Waals surface area contributed by atoms with E-state index in [4.69, 9.17) is 0 Å². The fraction of sp³-hybridized carbons (Fsp3) is 0.625. The van der Waals surface area contributed by atoms with Crippen LogP contribution in [0.3, 0.4) is 0 Å². The van der Waals surface area contributed by atoms with Crippen molar-refractivity contribution in [1.29, 1.82) is 0 Å². The predicted octanol–water partition coefficient (Wildman–Crippen LogP) is 3.87. The van der Waals surface area contributed by atoms with Gasteiger partial charge in [0.1, 0.15) is 11.6 Å². The van der Waals surface area contributed by atoms with E-state index in [9.17, 15) is 9.18 Å². The summed E-state index contributed by atoms with van der Waals surface area (Å²) in [5, 5.41) is 4.07. The molecule has 3 heterocycles. The van der Waals surface area contributed by atoms with E-state index < -0.39 is 0 Å². The van der Waals surface area contributed by atoms with Gasteiger partial charge in [-0.05, 0) is 63.3 Å². The van der Waals surface area contributed by atoms with E-state index in [-0.39, 0.29) is 17.6 Å². The molecule has 1 unspecified atom stereocenters. The Hall–Kier alpha value is -2.06. The van der Waals surface area contributed by atoms with Gasteiger partial charge in [-0.2, -0.15) is 4.37 Å². The lowest BCUT2D eigenvalue weighted by molar-refractivity contribution is -0.125. The number of nitrogens with one attached hydrogen (secondary N) is 1. The molecule has 2 aliphatic heterocycles. The molecule has 2 saturated heterocycles. The van der Waals surface area contributed by atoms with Crippen LogP contribution in [0.1, 0.15) is 56.8 Å². The molecule has 0 aliphatic carbocycles. The number of likely N-dealkylation sites (tertiary alicyclic amines) is 1. The van der Waals surface area contributed by atoms with Gasteiger partial charge < -0.3 is 15.1 Å². The Bertz CT molecular complexity index is 866. The highest BCUT2D eigenvalue weighted by molar-refractivity contribution is 7.09. The highest BCUT2D eigenvalue weighted by Crippen LogP contribution is 2.25. The third kappa shape index (κ3) is 6.25. The summed E-state index contributed by atoms with van der Waals surface area (Å²) < 4.78 is 17.5. The van der Waals surface area contributed by atoms with E-state index in [2.05, 4.69) is 31.4 Å². The van der Waals surface area contributed by atoms with Crippen LogP contribution in [0.2, 0.25) is 0 Å². The number of hydrogen-bond donors (Lipinski definition) is 1. The molecule has 1 N–H and O–H groups in total. The number of piperidine rings is 2. The van der Waals surface area contributed by atoms with Crippen LogP contribution in [-0.2, 0) is 11.2 Å². The molecule has 4 rings (SSSR count). The van der Waals surface area contributed by atoms with E-state index in [1.54, 1.807) is 12.1 Å². The van der Waals surface area contributed by atoms with Gasteiger partial charge in [-0.25, -0.2) is 9.37 Å². The van der Waals surface area contributed by atoms with Crippen molar-refractivity contribution < 1.29 is 9.18 Å². The third-order valence-corrected chi connectivity index (χ3v) is 7.55. The van der Waals surface area contributed by atoms with Gasteiger partial charge >= 0.3 is 0 Å². The molecule has 8 heteroatoms. The quantitative estimate of drug-likeness (QED) is 0.608. The number of nitrogens with zero attached hydrogens (tertiary/aromatic N) is 4. The highest BCUT2D eigenvalue weighted by Gasteiger charge is 2.26. The Morgan fingerprint density at radius 1 is 1.16 bits per heavy atom. The van der Waals surface area contributed by atoms with Crippen molar-refractivity contribution in [3.8, 4) is 0 Å². The van der Waals surface area contributed by atoms with Crippen LogP contribution >= 0.6 is 11.5 Å². The smallest absolute Gasteiger partial charge is 0.223 e. The maximum absolute atomic E-state index is 13.1. The average Bonchev–Trinajstić information content (AvgIpc) is 3.28. The molecule has 0 spiro atoms. The minimum atomic E-state index is -0.232. The number of carbonyl (C=O) groups excluding carboxylic acids is 1. The molecule has 2 aromatic rings. The first-order valence-electron chi connectivity index (χ1n) is 11.9. The Balaban J connectivity index is 1.16. The summed E-state index contributed by atoms with van der Waals surface area (Å²) in [6, 6.07) is 7.15. The summed E-state index contributed by atoms with van der Waals surface area (Å²) >= 11 is 1.40. The molecule has 32 heavy (non-hydrogen) atoms. The Morgan fingerprint density at radius 3 is 2.69 bits per heavy atom. The van der Waals surface area contributed by atoms with Gasteiger partial charge in [-0.1, -0.05) is 18.6 Å². The van der Waals surface area contributed by atoms with Gasteiger partial charge in [-0.15, -0.1) is 0 Å². The van der Waals surface area contributed by atoms with Gasteiger partial charge in [0.25, 0.3) is 0 Å². The number of aromatic nitrogens is 2. The molecule has 1 amide bonds. The summed E-state index contributed by atoms with van der Waals surface area (Å²) in [5.41, 5.74) is 1.00. The number of halogens is 1. The second-order valence-electron chi connectivity index (χ2n) is 9.08. The predicted molar refractivity (Wildman–Crippen MR) is 127 cm³/mol. The van der Waals surface area contributed by atoms with Gasteiger partial charge in [0, 0.05) is 56.1 Å². The summed E-state index contributed by atoms with van der Waals surface area (Å²) in [5.74, 6) is 0.820. The normalized spacial score (nSPS) is 20.4. The lowest BCUT2D eigenvalue weighted by Gasteiger charge is -2.33. The van der Waals surface area contributed by atoms with E-state index in [1.165, 1.54) is 49.5 Å². The highest BCUT2D eigenvalue weighted by atomic mass is 32.1. The lowest BCUT2D eigenvalue weighted by Crippen LogP contribution is -2.42. The number of hydrogen-bond acceptors (Lipinski definition) is 6. The molecular formula is C24H34FN5OS. The van der Waals surface area contributed by atoms with E-state index >= 15 is 0 Å². The van der Waals surface area contributed by atoms with Crippen LogP contribution in [0, 0.1) is 11.7 Å². The summed E-state index contributed by atoms with van der Waals surface area (Å²) in [6.45, 7) is 7.02. The van der Waals surface area contributed by atoms with Crippen molar-refractivity contribution >= 4 is 22.6 Å². The SMILES string of the molecule is CC1CCCCN1CCCNC(=O)C1CCN(c2nc(Cc3ccc(F)cc3)ns2)CC1. The molecule has 6 nitrogen and oxygen atoms in total. The molecule has 2 aliphatic rings. The number of rotatable bonds is 8. The van der Waals surface area contributed by atoms with Crippen LogP contribution in [0.15, 0.2) is 24.3 Å². The van der Waals surface area contributed by atoms with Crippen LogP contribution in [0.25, 0.3) is 0 Å². The Labute approximate surface area is 194 Å². The van der Waals surface area contributed by atoms with Crippen LogP contribution < -0.4 is 10.2 Å². The average molecular weight is 460 g/mol. The minimum absolute atomic E-state index is 0.0896. The van der Waals surface area contributed by atoms with Crippen molar-refractivity contribution in [2.45, 2.75) is 57.9 Å². The summed E-state index contributed by atoms with van der Waals surface area (Å²) in [4.78, 5) is 22.0. The first kappa shape index (κ1) is 23.1. The lowest BCUT2D eigenvalue weighted by atomic mass is 9.96. The largest absolute Gasteiger partial charge is 0.356 e. The number of benzene rings is 1. The van der Waals surface area contributed by atoms with Gasteiger partial charge in [0.15, 0.2) is 0 Å². The van der Waals surface area contributed by atoms with E-state index in [0.29, 0.717) is 12.5 Å². The zero-order valence-electron chi connectivity index (χ0n) is 18.9. The number of amides is 1. The summed E-state index contributed by atoms with van der Waals surface area (Å²) in [6.07, 6.45) is 7.27. The standard InChI is InChI=1S/C24H34FN5OS/c1-18-5-2-3-13-29(18)14-4-12-26-23(31)20-10-15-30(16-11-20)24-27-22(28-32-24)17-19-6-8-21(25)9-7-19/h6-9,18,20H,2-5,10-17H2,1H3,(H,26,31). The molecule has 2 fully saturated rings. The van der Waals surface area contributed by atoms with Crippen LogP contribution in [0.4, 0.5) is 9.52 Å². The van der Waals surface area contributed by atoms with Crippen molar-refractivity contribution in [2.75, 3.05) is 37.6 Å². The maximum atomic E-state index is 13.1. The second kappa shape index (κ2) is 11.2.